The van der Waals surface area contributed by atoms with Gasteiger partial charge in [-0.2, -0.15) is 0 Å². The smallest absolute Gasteiger partial charge is 0.386 e. The fourth-order valence-corrected chi connectivity index (χ4v) is 4.89. The van der Waals surface area contributed by atoms with Crippen LogP contribution in [0.3, 0.4) is 0 Å². The fourth-order valence-electron chi connectivity index (χ4n) is 3.93. The molecule has 0 radical (unpaired) electrons. The minimum Gasteiger partial charge on any atom is -0.386 e. The molecule has 30 heavy (non-hydrogen) atoms. The molecular formula is C18H28N5O6P. The summed E-state index contributed by atoms with van der Waals surface area (Å²) in [4.78, 5) is 24.8. The van der Waals surface area contributed by atoms with Crippen molar-refractivity contribution in [3.63, 3.8) is 0 Å². The predicted octanol–water partition coefficient (Wildman–Crippen LogP) is 2.01. The molecule has 0 amide bonds. The van der Waals surface area contributed by atoms with Gasteiger partial charge in [-0.1, -0.05) is 32.6 Å². The van der Waals surface area contributed by atoms with Crippen LogP contribution >= 0.6 is 7.82 Å². The number of hydrogen-bond acceptors (Lipinski definition) is 9. The zero-order valence-corrected chi connectivity index (χ0v) is 18.0. The number of unbranched alkanes of at least 4 members (excludes halogenated alkanes) is 4. The van der Waals surface area contributed by atoms with Gasteiger partial charge in [-0.05, 0) is 6.42 Å². The molecule has 2 aliphatic heterocycles. The summed E-state index contributed by atoms with van der Waals surface area (Å²) >= 11 is 0. The van der Waals surface area contributed by atoms with Crippen LogP contribution in [-0.2, 0) is 18.3 Å². The number of anilines is 1. The minimum absolute atomic E-state index is 0.139. The standard InChI is InChI=1S/C18H28N5O6P/c1-3-4-5-6-7-8-22(2)16-13-17(20-10-19-16)23(11-21-13)18-14(24)15-12(28-18)9-27-30(25,26)29-15/h10-12,14-15,18,24H,3-9H2,1-2H3,(H,25,26)/t12-,14-,15-,18-/m1/s1. The molecule has 0 bridgehead atoms. The summed E-state index contributed by atoms with van der Waals surface area (Å²) in [6.07, 6.45) is 5.23. The highest BCUT2D eigenvalue weighted by atomic mass is 31.2. The van der Waals surface area contributed by atoms with E-state index in [1.807, 2.05) is 7.05 Å². The van der Waals surface area contributed by atoms with Gasteiger partial charge >= 0.3 is 7.82 Å². The Labute approximate surface area is 174 Å². The van der Waals surface area contributed by atoms with Gasteiger partial charge in [-0.25, -0.2) is 19.5 Å². The summed E-state index contributed by atoms with van der Waals surface area (Å²) < 4.78 is 28.9. The van der Waals surface area contributed by atoms with E-state index in [-0.39, 0.29) is 6.61 Å². The third-order valence-corrected chi connectivity index (χ3v) is 6.52. The Hall–Kier alpha value is -1.62. The lowest BCUT2D eigenvalue weighted by molar-refractivity contribution is -0.0664. The van der Waals surface area contributed by atoms with Gasteiger partial charge in [0.2, 0.25) is 0 Å². The first-order valence-corrected chi connectivity index (χ1v) is 11.8. The molecule has 5 atom stereocenters. The van der Waals surface area contributed by atoms with E-state index in [4.69, 9.17) is 13.8 Å². The SMILES string of the molecule is CCCCCCCN(C)c1ncnc2c1ncn2[C@@H]1O[C@@H]2COP(=O)(O)O[C@H]2[C@H]1O. The first-order valence-electron chi connectivity index (χ1n) is 10.3. The van der Waals surface area contributed by atoms with Gasteiger partial charge in [0.15, 0.2) is 23.2 Å². The molecule has 2 saturated heterocycles. The molecule has 166 valence electrons. The minimum atomic E-state index is -4.18. The van der Waals surface area contributed by atoms with E-state index in [9.17, 15) is 14.6 Å². The number of phosphoric acid groups is 1. The van der Waals surface area contributed by atoms with Crippen molar-refractivity contribution >= 4 is 24.8 Å². The fraction of sp³-hybridized carbons (Fsp3) is 0.722. The van der Waals surface area contributed by atoms with E-state index < -0.39 is 32.4 Å². The molecular weight excluding hydrogens is 413 g/mol. The number of ether oxygens (including phenoxy) is 1. The van der Waals surface area contributed by atoms with Gasteiger partial charge < -0.3 is 19.6 Å². The van der Waals surface area contributed by atoms with Crippen molar-refractivity contribution in [1.29, 1.82) is 0 Å². The second-order valence-electron chi connectivity index (χ2n) is 7.75. The normalized spacial score (nSPS) is 31.2. The van der Waals surface area contributed by atoms with Gasteiger partial charge in [0.05, 0.1) is 12.9 Å². The highest BCUT2D eigenvalue weighted by Crippen LogP contribution is 2.52. The molecule has 4 heterocycles. The third kappa shape index (κ3) is 4.23. The zero-order valence-electron chi connectivity index (χ0n) is 17.1. The molecule has 1 unspecified atom stereocenters. The number of aliphatic hydroxyl groups excluding tert-OH is 1. The van der Waals surface area contributed by atoms with Crippen molar-refractivity contribution in [1.82, 2.24) is 19.5 Å². The molecule has 0 aromatic carbocycles. The number of phosphoric ester groups is 1. The highest BCUT2D eigenvalue weighted by molar-refractivity contribution is 7.47. The van der Waals surface area contributed by atoms with Crippen molar-refractivity contribution in [3.05, 3.63) is 12.7 Å². The molecule has 4 rings (SSSR count). The van der Waals surface area contributed by atoms with Gasteiger partial charge in [-0.3, -0.25) is 13.6 Å². The van der Waals surface area contributed by atoms with Crippen LogP contribution in [0.1, 0.15) is 45.3 Å². The number of nitrogens with zero attached hydrogens (tertiary/aromatic N) is 5. The summed E-state index contributed by atoms with van der Waals surface area (Å²) in [6.45, 7) is 2.91. The maximum Gasteiger partial charge on any atom is 0.472 e. The highest BCUT2D eigenvalue weighted by Gasteiger charge is 2.52. The summed E-state index contributed by atoms with van der Waals surface area (Å²) in [6, 6.07) is 0. The first kappa shape index (κ1) is 21.6. The molecule has 11 nitrogen and oxygen atoms in total. The number of fused-ring (bicyclic) bond motifs is 2. The predicted molar refractivity (Wildman–Crippen MR) is 108 cm³/mol. The van der Waals surface area contributed by atoms with E-state index in [1.165, 1.54) is 38.3 Å². The topological polar surface area (TPSA) is 132 Å². The average molecular weight is 441 g/mol. The Kier molecular flexibility index (Phi) is 6.38. The van der Waals surface area contributed by atoms with Gasteiger partial charge in [0.25, 0.3) is 0 Å². The maximum atomic E-state index is 11.7. The number of rotatable bonds is 8. The van der Waals surface area contributed by atoms with Crippen molar-refractivity contribution < 1.29 is 28.3 Å². The molecule has 12 heteroatoms. The van der Waals surface area contributed by atoms with Gasteiger partial charge in [0.1, 0.15) is 24.6 Å². The molecule has 0 saturated carbocycles. The number of aliphatic hydroxyl groups is 1. The lowest BCUT2D eigenvalue weighted by atomic mass is 10.1. The molecule has 2 N–H and O–H groups in total. The van der Waals surface area contributed by atoms with E-state index in [0.717, 1.165) is 13.0 Å². The summed E-state index contributed by atoms with van der Waals surface area (Å²) in [7, 11) is -2.21. The van der Waals surface area contributed by atoms with Crippen molar-refractivity contribution in [2.45, 2.75) is 63.6 Å². The van der Waals surface area contributed by atoms with Crippen molar-refractivity contribution in [3.8, 4) is 0 Å². The Morgan fingerprint density at radius 2 is 2.07 bits per heavy atom. The van der Waals surface area contributed by atoms with E-state index in [1.54, 1.807) is 4.57 Å². The molecule has 2 aromatic heterocycles. The van der Waals surface area contributed by atoms with Crippen LogP contribution in [0.5, 0.6) is 0 Å². The Bertz CT molecular complexity index is 926. The monoisotopic (exact) mass is 441 g/mol. The van der Waals surface area contributed by atoms with E-state index in [2.05, 4.69) is 26.8 Å². The lowest BCUT2D eigenvalue weighted by Crippen LogP contribution is -2.39. The Morgan fingerprint density at radius 3 is 2.87 bits per heavy atom. The van der Waals surface area contributed by atoms with Crippen LogP contribution in [-0.4, -0.2) is 68.0 Å². The molecule has 2 aromatic rings. The van der Waals surface area contributed by atoms with E-state index >= 15 is 0 Å². The van der Waals surface area contributed by atoms with Gasteiger partial charge in [0, 0.05) is 13.6 Å². The quantitative estimate of drug-likeness (QED) is 0.463. The second-order valence-corrected chi connectivity index (χ2v) is 9.15. The van der Waals surface area contributed by atoms with Crippen LogP contribution in [0, 0.1) is 0 Å². The lowest BCUT2D eigenvalue weighted by Gasteiger charge is -2.27. The Balaban J connectivity index is 1.51. The summed E-state index contributed by atoms with van der Waals surface area (Å²) in [5.74, 6) is 0.707. The third-order valence-electron chi connectivity index (χ3n) is 5.54. The number of hydrogen-bond donors (Lipinski definition) is 2. The maximum absolute atomic E-state index is 11.7. The van der Waals surface area contributed by atoms with Crippen LogP contribution in [0.2, 0.25) is 0 Å². The summed E-state index contributed by atoms with van der Waals surface area (Å²) in [5.41, 5.74) is 1.11. The molecule has 0 aliphatic carbocycles. The first-order chi connectivity index (χ1) is 14.4. The van der Waals surface area contributed by atoms with Crippen molar-refractivity contribution in [2.75, 3.05) is 25.1 Å². The molecule has 2 fully saturated rings. The zero-order chi connectivity index (χ0) is 21.3. The summed E-state index contributed by atoms with van der Waals surface area (Å²) in [5, 5.41) is 10.7. The van der Waals surface area contributed by atoms with Crippen LogP contribution in [0.25, 0.3) is 11.2 Å². The van der Waals surface area contributed by atoms with Crippen molar-refractivity contribution in [2.24, 2.45) is 0 Å². The number of aromatic nitrogens is 4. The Morgan fingerprint density at radius 1 is 1.27 bits per heavy atom. The largest absolute Gasteiger partial charge is 0.472 e. The number of imidazole rings is 1. The van der Waals surface area contributed by atoms with E-state index in [0.29, 0.717) is 17.0 Å². The van der Waals surface area contributed by atoms with Crippen LogP contribution in [0.4, 0.5) is 5.82 Å². The molecule has 0 spiro atoms. The second kappa shape index (κ2) is 8.86. The average Bonchev–Trinajstić information content (AvgIpc) is 3.28. The van der Waals surface area contributed by atoms with Crippen LogP contribution < -0.4 is 4.90 Å². The van der Waals surface area contributed by atoms with Crippen LogP contribution in [0.15, 0.2) is 12.7 Å². The molecule has 2 aliphatic rings. The van der Waals surface area contributed by atoms with Gasteiger partial charge in [-0.15, -0.1) is 0 Å².